The lowest BCUT2D eigenvalue weighted by Gasteiger charge is -2.13. The molecular formula is C13H20N2O5S. The molecule has 1 aromatic carbocycles. The summed E-state index contributed by atoms with van der Waals surface area (Å²) >= 11 is 0. The number of carboxylic acid groups (broad SMARTS) is 1. The first-order chi connectivity index (χ1) is 9.77. The first kappa shape index (κ1) is 17.4. The lowest BCUT2D eigenvalue weighted by atomic mass is 10.2. The van der Waals surface area contributed by atoms with Crippen molar-refractivity contribution < 1.29 is 23.4 Å². The van der Waals surface area contributed by atoms with Gasteiger partial charge in [-0.25, -0.2) is 17.9 Å². The van der Waals surface area contributed by atoms with Crippen LogP contribution in [0.2, 0.25) is 0 Å². The molecule has 0 unspecified atom stereocenters. The largest absolute Gasteiger partial charge is 0.478 e. The van der Waals surface area contributed by atoms with Crippen LogP contribution in [-0.4, -0.2) is 43.8 Å². The molecular weight excluding hydrogens is 296 g/mol. The molecule has 0 amide bonds. The third kappa shape index (κ3) is 5.00. The van der Waals surface area contributed by atoms with Crippen LogP contribution in [0.25, 0.3) is 0 Å². The Hall–Kier alpha value is -1.64. The highest BCUT2D eigenvalue weighted by Crippen LogP contribution is 2.21. The van der Waals surface area contributed by atoms with Crippen LogP contribution in [0.5, 0.6) is 0 Å². The Morgan fingerprint density at radius 1 is 1.33 bits per heavy atom. The van der Waals surface area contributed by atoms with E-state index in [2.05, 4.69) is 10.0 Å². The van der Waals surface area contributed by atoms with Gasteiger partial charge in [0.1, 0.15) is 0 Å². The van der Waals surface area contributed by atoms with E-state index in [0.717, 1.165) is 6.07 Å². The fourth-order valence-corrected chi connectivity index (χ4v) is 2.98. The first-order valence-electron chi connectivity index (χ1n) is 6.52. The van der Waals surface area contributed by atoms with Gasteiger partial charge >= 0.3 is 5.97 Å². The fraction of sp³-hybridized carbons (Fsp3) is 0.462. The molecule has 1 aromatic rings. The van der Waals surface area contributed by atoms with E-state index in [9.17, 15) is 18.3 Å². The number of hydrogen-bond donors (Lipinski definition) is 4. The highest BCUT2D eigenvalue weighted by Gasteiger charge is 2.19. The van der Waals surface area contributed by atoms with Gasteiger partial charge in [0.15, 0.2) is 0 Å². The van der Waals surface area contributed by atoms with Crippen molar-refractivity contribution >= 4 is 21.7 Å². The summed E-state index contributed by atoms with van der Waals surface area (Å²) in [7, 11) is -3.74. The van der Waals surface area contributed by atoms with Gasteiger partial charge in [0, 0.05) is 24.9 Å². The Kier molecular flexibility index (Phi) is 6.13. The number of anilines is 1. The zero-order valence-corrected chi connectivity index (χ0v) is 12.8. The van der Waals surface area contributed by atoms with Crippen molar-refractivity contribution in [2.45, 2.75) is 31.2 Å². The van der Waals surface area contributed by atoms with Gasteiger partial charge in [-0.05, 0) is 38.5 Å². The summed E-state index contributed by atoms with van der Waals surface area (Å²) < 4.78 is 26.5. The van der Waals surface area contributed by atoms with E-state index >= 15 is 0 Å². The minimum Gasteiger partial charge on any atom is -0.478 e. The number of rotatable bonds is 8. The molecule has 0 saturated carbocycles. The molecule has 0 heterocycles. The van der Waals surface area contributed by atoms with Gasteiger partial charge in [0.2, 0.25) is 10.0 Å². The zero-order chi connectivity index (χ0) is 16.0. The maximum atomic E-state index is 12.0. The van der Waals surface area contributed by atoms with Gasteiger partial charge in [-0.15, -0.1) is 0 Å². The molecule has 0 bridgehead atoms. The number of benzene rings is 1. The number of sulfonamides is 1. The maximum absolute atomic E-state index is 12.0. The normalized spacial score (nSPS) is 11.6. The Morgan fingerprint density at radius 3 is 2.52 bits per heavy atom. The molecule has 0 saturated heterocycles. The summed E-state index contributed by atoms with van der Waals surface area (Å²) in [5.41, 5.74) is 0.194. The van der Waals surface area contributed by atoms with Crippen LogP contribution in [0, 0.1) is 0 Å². The van der Waals surface area contributed by atoms with Crippen molar-refractivity contribution in [3.8, 4) is 0 Å². The van der Waals surface area contributed by atoms with E-state index < -0.39 is 16.0 Å². The SMILES string of the molecule is CC(C)NS(=O)(=O)c1ccc(NCCCO)c(C(=O)O)c1. The minimum atomic E-state index is -3.74. The summed E-state index contributed by atoms with van der Waals surface area (Å²) in [5, 5.41) is 20.8. The molecule has 1 rings (SSSR count). The lowest BCUT2D eigenvalue weighted by Crippen LogP contribution is -2.30. The van der Waals surface area contributed by atoms with Crippen molar-refractivity contribution in [3.05, 3.63) is 23.8 Å². The van der Waals surface area contributed by atoms with Gasteiger partial charge in [-0.1, -0.05) is 0 Å². The highest BCUT2D eigenvalue weighted by molar-refractivity contribution is 7.89. The number of aliphatic hydroxyl groups excluding tert-OH is 1. The summed E-state index contributed by atoms with van der Waals surface area (Å²) in [6.07, 6.45) is 0.466. The molecule has 0 fully saturated rings. The van der Waals surface area contributed by atoms with Crippen LogP contribution in [0.15, 0.2) is 23.1 Å². The number of nitrogens with one attached hydrogen (secondary N) is 2. The zero-order valence-electron chi connectivity index (χ0n) is 12.0. The van der Waals surface area contributed by atoms with Crippen LogP contribution in [0.1, 0.15) is 30.6 Å². The predicted octanol–water partition coefficient (Wildman–Crippen LogP) is 0.866. The molecule has 21 heavy (non-hydrogen) atoms. The lowest BCUT2D eigenvalue weighted by molar-refractivity contribution is 0.0697. The number of hydrogen-bond acceptors (Lipinski definition) is 5. The van der Waals surface area contributed by atoms with E-state index in [0.29, 0.717) is 18.7 Å². The molecule has 4 N–H and O–H groups in total. The molecule has 0 spiro atoms. The van der Waals surface area contributed by atoms with Crippen LogP contribution >= 0.6 is 0 Å². The Labute approximate surface area is 124 Å². The molecule has 0 aromatic heterocycles. The molecule has 8 heteroatoms. The van der Waals surface area contributed by atoms with E-state index in [-0.39, 0.29) is 23.1 Å². The van der Waals surface area contributed by atoms with Crippen LogP contribution in [0.3, 0.4) is 0 Å². The maximum Gasteiger partial charge on any atom is 0.337 e. The highest BCUT2D eigenvalue weighted by atomic mass is 32.2. The van der Waals surface area contributed by atoms with Crippen LogP contribution in [-0.2, 0) is 10.0 Å². The summed E-state index contributed by atoms with van der Waals surface area (Å²) in [6.45, 7) is 3.74. The standard InChI is InChI=1S/C13H20N2O5S/c1-9(2)15-21(19,20)10-4-5-12(14-6-3-7-16)11(8-10)13(17)18/h4-5,8-9,14-16H,3,6-7H2,1-2H3,(H,17,18). The molecule has 0 aliphatic heterocycles. The van der Waals surface area contributed by atoms with E-state index in [4.69, 9.17) is 5.11 Å². The minimum absolute atomic E-state index is 0.0137. The number of carboxylic acids is 1. The third-order valence-electron chi connectivity index (χ3n) is 2.57. The van der Waals surface area contributed by atoms with Gasteiger partial charge in [0.05, 0.1) is 10.5 Å². The van der Waals surface area contributed by atoms with E-state index in [1.54, 1.807) is 13.8 Å². The number of aromatic carboxylic acids is 1. The molecule has 118 valence electrons. The summed E-state index contributed by atoms with van der Waals surface area (Å²) in [5.74, 6) is -1.22. The van der Waals surface area contributed by atoms with Crippen LogP contribution in [0.4, 0.5) is 5.69 Å². The molecule has 0 aliphatic rings. The molecule has 0 aliphatic carbocycles. The van der Waals surface area contributed by atoms with E-state index in [1.165, 1.54) is 12.1 Å². The van der Waals surface area contributed by atoms with Crippen molar-refractivity contribution in [2.75, 3.05) is 18.5 Å². The van der Waals surface area contributed by atoms with Gasteiger partial charge in [0.25, 0.3) is 0 Å². The second kappa shape index (κ2) is 7.39. The Bertz CT molecular complexity index is 599. The Balaban J connectivity index is 3.11. The number of carbonyl (C=O) groups is 1. The molecule has 0 atom stereocenters. The smallest absolute Gasteiger partial charge is 0.337 e. The van der Waals surface area contributed by atoms with Crippen LogP contribution < -0.4 is 10.0 Å². The van der Waals surface area contributed by atoms with Gasteiger partial charge in [-0.3, -0.25) is 0 Å². The first-order valence-corrected chi connectivity index (χ1v) is 8.00. The van der Waals surface area contributed by atoms with Gasteiger partial charge in [-0.2, -0.15) is 0 Å². The third-order valence-corrected chi connectivity index (χ3v) is 4.23. The average molecular weight is 316 g/mol. The van der Waals surface area contributed by atoms with Crippen molar-refractivity contribution in [1.82, 2.24) is 4.72 Å². The molecule has 7 nitrogen and oxygen atoms in total. The van der Waals surface area contributed by atoms with E-state index in [1.807, 2.05) is 0 Å². The quantitative estimate of drug-likeness (QED) is 0.529. The summed E-state index contributed by atoms with van der Waals surface area (Å²) in [4.78, 5) is 11.2. The predicted molar refractivity (Wildman–Crippen MR) is 79.1 cm³/mol. The molecule has 0 radical (unpaired) electrons. The summed E-state index contributed by atoms with van der Waals surface area (Å²) in [6, 6.07) is 3.59. The average Bonchev–Trinajstić information content (AvgIpc) is 2.37. The topological polar surface area (TPSA) is 116 Å². The van der Waals surface area contributed by atoms with Crippen molar-refractivity contribution in [1.29, 1.82) is 0 Å². The fourth-order valence-electron chi connectivity index (χ4n) is 1.70. The Morgan fingerprint density at radius 2 is 2.00 bits per heavy atom. The number of aliphatic hydroxyl groups is 1. The second-order valence-corrected chi connectivity index (χ2v) is 6.51. The van der Waals surface area contributed by atoms with Crippen molar-refractivity contribution in [2.24, 2.45) is 0 Å². The van der Waals surface area contributed by atoms with Crippen molar-refractivity contribution in [3.63, 3.8) is 0 Å². The second-order valence-electron chi connectivity index (χ2n) is 4.79. The monoisotopic (exact) mass is 316 g/mol. The van der Waals surface area contributed by atoms with Gasteiger partial charge < -0.3 is 15.5 Å².